The number of aliphatic hydroxyl groups excluding tert-OH is 1. The first-order chi connectivity index (χ1) is 14.8. The molecular formula is C23H24F4O3S. The number of fused-ring (bicyclic) bond motifs is 1. The van der Waals surface area contributed by atoms with Gasteiger partial charge in [0.05, 0.1) is 16.5 Å². The zero-order valence-corrected chi connectivity index (χ0v) is 18.5. The zero-order valence-electron chi connectivity index (χ0n) is 17.6. The molecule has 1 N–H and O–H groups in total. The molecular weight excluding hydrogens is 432 g/mol. The maximum absolute atomic E-state index is 15.3. The fourth-order valence-electron chi connectivity index (χ4n) is 3.33. The number of benzene rings is 2. The van der Waals surface area contributed by atoms with E-state index >= 15 is 4.39 Å². The van der Waals surface area contributed by atoms with E-state index in [4.69, 9.17) is 9.84 Å². The molecule has 8 heteroatoms. The van der Waals surface area contributed by atoms with Gasteiger partial charge in [-0.15, -0.1) is 11.3 Å². The predicted molar refractivity (Wildman–Crippen MR) is 115 cm³/mol. The number of rotatable bonds is 7. The van der Waals surface area contributed by atoms with Crippen LogP contribution in [-0.2, 0) is 0 Å². The van der Waals surface area contributed by atoms with Gasteiger partial charge in [0.2, 0.25) is 0 Å². The van der Waals surface area contributed by atoms with Crippen molar-refractivity contribution < 1.29 is 32.2 Å². The fraction of sp³-hybridized carbons (Fsp3) is 0.348. The fourth-order valence-corrected chi connectivity index (χ4v) is 4.38. The zero-order chi connectivity index (χ0) is 23.3. The van der Waals surface area contributed by atoms with Crippen LogP contribution in [0.1, 0.15) is 43.3 Å². The van der Waals surface area contributed by atoms with Crippen LogP contribution in [0.25, 0.3) is 21.2 Å². The van der Waals surface area contributed by atoms with Gasteiger partial charge in [0.25, 0.3) is 0 Å². The van der Waals surface area contributed by atoms with Gasteiger partial charge >= 0.3 is 0 Å². The number of hydrogen-bond acceptors (Lipinski definition) is 4. The van der Waals surface area contributed by atoms with Gasteiger partial charge in [0.1, 0.15) is 11.6 Å². The minimum atomic E-state index is -1.22. The summed E-state index contributed by atoms with van der Waals surface area (Å²) in [6, 6.07) is 4.21. The maximum Gasteiger partial charge on any atom is 0.191 e. The van der Waals surface area contributed by atoms with Crippen LogP contribution in [0.2, 0.25) is 0 Å². The molecule has 1 aromatic heterocycles. The molecule has 31 heavy (non-hydrogen) atoms. The Morgan fingerprint density at radius 3 is 2.35 bits per heavy atom. The number of aliphatic hydroxyl groups is 1. The summed E-state index contributed by atoms with van der Waals surface area (Å²) < 4.78 is 63.8. The van der Waals surface area contributed by atoms with Crippen LogP contribution in [0.4, 0.5) is 17.6 Å². The van der Waals surface area contributed by atoms with E-state index in [-0.39, 0.29) is 16.4 Å². The molecule has 3 nitrogen and oxygen atoms in total. The summed E-state index contributed by atoms with van der Waals surface area (Å²) in [7, 11) is 1.00. The second-order valence-corrected chi connectivity index (χ2v) is 8.13. The molecule has 0 bridgehead atoms. The van der Waals surface area contributed by atoms with Gasteiger partial charge in [-0.05, 0) is 37.5 Å². The van der Waals surface area contributed by atoms with Crippen LogP contribution < -0.4 is 4.74 Å². The number of carbonyl (C=O) groups is 1. The second-order valence-electron chi connectivity index (χ2n) is 7.05. The van der Waals surface area contributed by atoms with E-state index in [9.17, 15) is 18.0 Å². The van der Waals surface area contributed by atoms with Crippen LogP contribution in [0.3, 0.4) is 0 Å². The topological polar surface area (TPSA) is 46.5 Å². The molecule has 0 aliphatic rings. The van der Waals surface area contributed by atoms with Crippen molar-refractivity contribution in [2.24, 2.45) is 5.92 Å². The van der Waals surface area contributed by atoms with Gasteiger partial charge in [-0.25, -0.2) is 17.6 Å². The lowest BCUT2D eigenvalue weighted by molar-refractivity contribution is 0.112. The van der Waals surface area contributed by atoms with E-state index in [0.717, 1.165) is 37.4 Å². The second kappa shape index (κ2) is 10.7. The van der Waals surface area contributed by atoms with Gasteiger partial charge < -0.3 is 9.84 Å². The molecule has 3 aromatic rings. The monoisotopic (exact) mass is 456 g/mol. The third-order valence-corrected chi connectivity index (χ3v) is 6.09. The third kappa shape index (κ3) is 5.07. The smallest absolute Gasteiger partial charge is 0.191 e. The average molecular weight is 457 g/mol. The van der Waals surface area contributed by atoms with Crippen molar-refractivity contribution in [3.05, 3.63) is 52.4 Å². The number of aldehydes is 1. The Bertz CT molecular complexity index is 1060. The van der Waals surface area contributed by atoms with Crippen LogP contribution in [0, 0.1) is 29.2 Å². The van der Waals surface area contributed by atoms with Crippen molar-refractivity contribution in [3.8, 4) is 16.9 Å². The van der Waals surface area contributed by atoms with Gasteiger partial charge in [0.15, 0.2) is 23.7 Å². The lowest BCUT2D eigenvalue weighted by atomic mass is 9.99. The van der Waals surface area contributed by atoms with E-state index in [0.29, 0.717) is 22.4 Å². The number of ether oxygens (including phenoxy) is 1. The molecule has 2 atom stereocenters. The van der Waals surface area contributed by atoms with E-state index < -0.39 is 40.7 Å². The highest BCUT2D eigenvalue weighted by molar-refractivity contribution is 7.21. The first-order valence-electron chi connectivity index (χ1n) is 9.74. The summed E-state index contributed by atoms with van der Waals surface area (Å²) in [6.45, 7) is 5.59. The van der Waals surface area contributed by atoms with Crippen molar-refractivity contribution in [1.29, 1.82) is 0 Å². The summed E-state index contributed by atoms with van der Waals surface area (Å²) in [6.07, 6.45) is 1.63. The van der Waals surface area contributed by atoms with E-state index in [2.05, 4.69) is 0 Å². The molecule has 1 heterocycles. The van der Waals surface area contributed by atoms with Crippen LogP contribution >= 0.6 is 11.3 Å². The molecule has 0 saturated carbocycles. The van der Waals surface area contributed by atoms with Gasteiger partial charge in [-0.3, -0.25) is 4.79 Å². The minimum Gasteiger partial charge on any atom is -0.484 e. The van der Waals surface area contributed by atoms with Gasteiger partial charge in [-0.1, -0.05) is 20.3 Å². The lowest BCUT2D eigenvalue weighted by Gasteiger charge is -2.22. The molecule has 3 rings (SSSR count). The molecule has 0 aliphatic carbocycles. The van der Waals surface area contributed by atoms with Crippen molar-refractivity contribution in [1.82, 2.24) is 0 Å². The van der Waals surface area contributed by atoms with E-state index in [1.807, 2.05) is 13.8 Å². The summed E-state index contributed by atoms with van der Waals surface area (Å²) >= 11 is 0.910. The molecule has 2 unspecified atom stereocenters. The molecule has 168 valence electrons. The largest absolute Gasteiger partial charge is 0.484 e. The van der Waals surface area contributed by atoms with E-state index in [1.165, 1.54) is 12.1 Å². The molecule has 0 saturated heterocycles. The van der Waals surface area contributed by atoms with Gasteiger partial charge in [0, 0.05) is 28.8 Å². The normalized spacial score (nSPS) is 12.8. The van der Waals surface area contributed by atoms with Crippen molar-refractivity contribution in [2.75, 3.05) is 7.11 Å². The van der Waals surface area contributed by atoms with Crippen molar-refractivity contribution in [3.63, 3.8) is 0 Å². The highest BCUT2D eigenvalue weighted by Gasteiger charge is 2.28. The predicted octanol–water partition coefficient (Wildman–Crippen LogP) is 6.75. The Labute approximate surface area is 182 Å². The highest BCUT2D eigenvalue weighted by Crippen LogP contribution is 2.43. The molecule has 0 aliphatic heterocycles. The number of hydrogen-bond donors (Lipinski definition) is 1. The molecule has 2 aromatic carbocycles. The third-order valence-electron chi connectivity index (χ3n) is 5.01. The minimum absolute atomic E-state index is 0.0216. The van der Waals surface area contributed by atoms with Crippen LogP contribution in [0.5, 0.6) is 5.75 Å². The Balaban J connectivity index is 0.00000166. The van der Waals surface area contributed by atoms with Crippen molar-refractivity contribution >= 4 is 27.7 Å². The number of halogens is 4. The number of carbonyl (C=O) groups excluding carboxylic acids is 1. The van der Waals surface area contributed by atoms with Crippen LogP contribution in [0.15, 0.2) is 24.3 Å². The summed E-state index contributed by atoms with van der Waals surface area (Å²) in [5, 5.41) is 7.31. The quantitative estimate of drug-likeness (QED) is 0.316. The molecule has 0 radical (unpaired) electrons. The maximum atomic E-state index is 15.3. The number of thiophene rings is 1. The molecule has 0 fully saturated rings. The first kappa shape index (κ1) is 24.8. The van der Waals surface area contributed by atoms with E-state index in [1.54, 1.807) is 6.92 Å². The summed E-state index contributed by atoms with van der Waals surface area (Å²) in [4.78, 5) is 11.6. The highest BCUT2D eigenvalue weighted by atomic mass is 32.1. The molecule has 0 amide bonds. The lowest BCUT2D eigenvalue weighted by Crippen LogP contribution is -2.22. The molecule has 0 spiro atoms. The Hall–Kier alpha value is -2.45. The first-order valence-corrected chi connectivity index (χ1v) is 10.6. The Kier molecular flexibility index (Phi) is 8.59. The summed E-state index contributed by atoms with van der Waals surface area (Å²) in [5.41, 5.74) is -0.592. The Morgan fingerprint density at radius 1 is 1.06 bits per heavy atom. The van der Waals surface area contributed by atoms with Crippen molar-refractivity contribution in [2.45, 2.75) is 39.7 Å². The van der Waals surface area contributed by atoms with Gasteiger partial charge in [-0.2, -0.15) is 0 Å². The van der Waals surface area contributed by atoms with Crippen LogP contribution in [-0.4, -0.2) is 24.6 Å². The average Bonchev–Trinajstić information content (AvgIpc) is 3.09. The summed E-state index contributed by atoms with van der Waals surface area (Å²) in [5.74, 6) is -4.72. The Morgan fingerprint density at radius 2 is 1.74 bits per heavy atom. The standard InChI is InChI=1S/C22H20F4O2S.CH4O/c1-4-5-11(2)12(3)28-22-16(25)9-15(24)20(21(22)26)19-14-7-6-13(23)8-17(14)29-18(19)10-27;1-2/h6-12H,4-5H2,1-3H3;2H,1H3. The SMILES string of the molecule is CCCC(C)C(C)Oc1c(F)cc(F)c(-c2c(C=O)sc3cc(F)ccc23)c1F.CO.